The minimum absolute atomic E-state index is 0.173. The molecule has 0 aromatic heterocycles. The third kappa shape index (κ3) is 5.18. The van der Waals surface area contributed by atoms with Crippen molar-refractivity contribution in [3.8, 4) is 5.75 Å². The Bertz CT molecular complexity index is 1050. The van der Waals surface area contributed by atoms with Crippen LogP contribution in [0.3, 0.4) is 0 Å². The molecule has 3 aliphatic heterocycles. The number of hydrogen-bond acceptors (Lipinski definition) is 5. The van der Waals surface area contributed by atoms with Crippen molar-refractivity contribution in [2.45, 2.75) is 71.8 Å². The number of nitrogens with one attached hydrogen (secondary N) is 1. The van der Waals surface area contributed by atoms with Crippen LogP contribution in [0.15, 0.2) is 42.5 Å². The predicted octanol–water partition coefficient (Wildman–Crippen LogP) is 4.01. The van der Waals surface area contributed by atoms with E-state index in [2.05, 4.69) is 59.3 Å². The Morgan fingerprint density at radius 1 is 1.00 bits per heavy atom. The first-order chi connectivity index (χ1) is 16.4. The minimum atomic E-state index is -0.253. The highest BCUT2D eigenvalue weighted by atomic mass is 16.5. The van der Waals surface area contributed by atoms with Crippen molar-refractivity contribution in [3.63, 3.8) is 0 Å². The molecule has 0 saturated carbocycles. The molecule has 0 aliphatic carbocycles. The van der Waals surface area contributed by atoms with Crippen molar-refractivity contribution < 1.29 is 14.3 Å². The van der Waals surface area contributed by atoms with Gasteiger partial charge in [0.1, 0.15) is 12.4 Å². The third-order valence-electron chi connectivity index (χ3n) is 7.65. The predicted molar refractivity (Wildman–Crippen MR) is 131 cm³/mol. The van der Waals surface area contributed by atoms with E-state index < -0.39 is 0 Å². The summed E-state index contributed by atoms with van der Waals surface area (Å²) in [7, 11) is 0. The summed E-state index contributed by atoms with van der Waals surface area (Å²) in [5, 5.41) is 2.47. The number of benzene rings is 2. The number of ether oxygens (including phenoxy) is 1. The zero-order chi connectivity index (χ0) is 23.7. The highest BCUT2D eigenvalue weighted by Crippen LogP contribution is 2.34. The van der Waals surface area contributed by atoms with Crippen LogP contribution in [0.2, 0.25) is 0 Å². The number of carbonyl (C=O) groups is 2. The first-order valence-electron chi connectivity index (χ1n) is 12.5. The van der Waals surface area contributed by atoms with E-state index in [9.17, 15) is 9.59 Å². The van der Waals surface area contributed by atoms with Crippen LogP contribution in [0, 0.1) is 5.41 Å². The minimum Gasteiger partial charge on any atom is -0.489 e. The summed E-state index contributed by atoms with van der Waals surface area (Å²) in [5.41, 5.74) is 5.33. The number of rotatable bonds is 6. The Kier molecular flexibility index (Phi) is 6.45. The zero-order valence-electron chi connectivity index (χ0n) is 20.3. The normalized spacial score (nSPS) is 22.9. The number of fused-ring (bicyclic) bond motifs is 1. The summed E-state index contributed by atoms with van der Waals surface area (Å²) in [6.45, 7) is 10.00. The van der Waals surface area contributed by atoms with Crippen LogP contribution in [0.1, 0.15) is 61.8 Å². The first kappa shape index (κ1) is 23.1. The van der Waals surface area contributed by atoms with Gasteiger partial charge in [-0.25, -0.2) is 0 Å². The first-order valence-corrected chi connectivity index (χ1v) is 12.5. The Balaban J connectivity index is 1.17. The molecule has 2 amide bonds. The van der Waals surface area contributed by atoms with Gasteiger partial charge in [-0.1, -0.05) is 50.2 Å². The molecule has 1 N–H and O–H groups in total. The van der Waals surface area contributed by atoms with Crippen molar-refractivity contribution in [1.82, 2.24) is 15.1 Å². The summed E-state index contributed by atoms with van der Waals surface area (Å²) in [4.78, 5) is 28.5. The Morgan fingerprint density at radius 3 is 2.47 bits per heavy atom. The van der Waals surface area contributed by atoms with Gasteiger partial charge >= 0.3 is 0 Å². The van der Waals surface area contributed by atoms with Crippen molar-refractivity contribution in [2.24, 2.45) is 5.41 Å². The number of carbonyl (C=O) groups excluding carboxylic acids is 2. The molecule has 2 aromatic carbocycles. The zero-order valence-corrected chi connectivity index (χ0v) is 20.3. The highest BCUT2D eigenvalue weighted by Gasteiger charge is 2.35. The van der Waals surface area contributed by atoms with E-state index in [0.29, 0.717) is 38.0 Å². The third-order valence-corrected chi connectivity index (χ3v) is 7.65. The fourth-order valence-electron chi connectivity index (χ4n) is 5.28. The Hall–Kier alpha value is -2.70. The molecule has 6 heteroatoms. The summed E-state index contributed by atoms with van der Waals surface area (Å²) < 4.78 is 6.24. The van der Waals surface area contributed by atoms with E-state index in [-0.39, 0.29) is 17.9 Å². The van der Waals surface area contributed by atoms with E-state index >= 15 is 0 Å². The van der Waals surface area contributed by atoms with Crippen LogP contribution in [0.5, 0.6) is 5.75 Å². The quantitative estimate of drug-likeness (QED) is 0.659. The smallest absolute Gasteiger partial charge is 0.243 e. The van der Waals surface area contributed by atoms with Gasteiger partial charge < -0.3 is 4.74 Å². The Labute approximate surface area is 202 Å². The van der Waals surface area contributed by atoms with E-state index in [1.807, 2.05) is 12.1 Å². The fourth-order valence-corrected chi connectivity index (χ4v) is 5.28. The highest BCUT2D eigenvalue weighted by molar-refractivity contribution is 6.00. The maximum atomic E-state index is 12.3. The van der Waals surface area contributed by atoms with Crippen LogP contribution in [-0.4, -0.2) is 40.7 Å². The van der Waals surface area contributed by atoms with E-state index in [0.717, 1.165) is 23.4 Å². The van der Waals surface area contributed by atoms with Crippen molar-refractivity contribution in [1.29, 1.82) is 0 Å². The lowest BCUT2D eigenvalue weighted by atomic mass is 9.82. The van der Waals surface area contributed by atoms with Gasteiger partial charge in [0.05, 0.1) is 6.04 Å². The molecule has 3 aliphatic rings. The summed E-state index contributed by atoms with van der Waals surface area (Å²) in [6.07, 6.45) is 3.51. The number of nitrogens with zero attached hydrogens (tertiary/aromatic N) is 2. The molecule has 0 spiro atoms. The fraction of sp³-hybridized carbons (Fsp3) is 0.500. The van der Waals surface area contributed by atoms with Crippen LogP contribution in [0.25, 0.3) is 0 Å². The number of hydrogen-bond donors (Lipinski definition) is 1. The summed E-state index contributed by atoms with van der Waals surface area (Å²) >= 11 is 0. The second-order valence-electron chi connectivity index (χ2n) is 10.8. The molecule has 2 saturated heterocycles. The molecule has 5 rings (SSSR count). The lowest BCUT2D eigenvalue weighted by Crippen LogP contribution is -2.50. The second-order valence-corrected chi connectivity index (χ2v) is 10.8. The van der Waals surface area contributed by atoms with Gasteiger partial charge in [-0.05, 0) is 60.5 Å². The second kappa shape index (κ2) is 9.51. The summed E-state index contributed by atoms with van der Waals surface area (Å²) in [6, 6.07) is 14.7. The Morgan fingerprint density at radius 2 is 1.74 bits per heavy atom. The average Bonchev–Trinajstić information content (AvgIpc) is 3.24. The van der Waals surface area contributed by atoms with E-state index in [1.165, 1.54) is 37.1 Å². The number of likely N-dealkylation sites (tertiary alicyclic amines) is 1. The van der Waals surface area contributed by atoms with Crippen LogP contribution < -0.4 is 10.1 Å². The molecule has 34 heavy (non-hydrogen) atoms. The molecule has 0 bridgehead atoms. The van der Waals surface area contributed by atoms with Crippen LogP contribution in [0.4, 0.5) is 0 Å². The largest absolute Gasteiger partial charge is 0.489 e. The van der Waals surface area contributed by atoms with Gasteiger partial charge in [-0.15, -0.1) is 0 Å². The number of piperidine rings is 2. The topological polar surface area (TPSA) is 61.9 Å². The average molecular weight is 462 g/mol. The molecule has 1 atom stereocenters. The monoisotopic (exact) mass is 461 g/mol. The van der Waals surface area contributed by atoms with E-state index in [4.69, 9.17) is 4.74 Å². The molecular weight excluding hydrogens is 426 g/mol. The molecule has 0 radical (unpaired) electrons. The van der Waals surface area contributed by atoms with Gasteiger partial charge in [0.2, 0.25) is 11.8 Å². The molecule has 2 aromatic rings. The SMILES string of the molecule is CC1(C)CCN(Cc2ccc(COc3cccc4c3CN(C3CCC(=O)NC3=O)C4)cc2)CC1. The lowest BCUT2D eigenvalue weighted by Gasteiger charge is -2.36. The molecular formula is C28H35N3O3. The van der Waals surface area contributed by atoms with E-state index in [1.54, 1.807) is 0 Å². The van der Waals surface area contributed by atoms with Crippen molar-refractivity contribution in [2.75, 3.05) is 13.1 Å². The molecule has 1 unspecified atom stereocenters. The number of imide groups is 1. The van der Waals surface area contributed by atoms with Crippen LogP contribution >= 0.6 is 0 Å². The van der Waals surface area contributed by atoms with Gasteiger partial charge in [-0.2, -0.15) is 0 Å². The molecule has 3 heterocycles. The van der Waals surface area contributed by atoms with Crippen molar-refractivity contribution in [3.05, 3.63) is 64.7 Å². The lowest BCUT2D eigenvalue weighted by molar-refractivity contribution is -0.137. The van der Waals surface area contributed by atoms with Gasteiger partial charge in [0.15, 0.2) is 0 Å². The maximum absolute atomic E-state index is 12.3. The maximum Gasteiger partial charge on any atom is 0.243 e. The molecule has 6 nitrogen and oxygen atoms in total. The molecule has 180 valence electrons. The summed E-state index contributed by atoms with van der Waals surface area (Å²) in [5.74, 6) is 0.528. The van der Waals surface area contributed by atoms with Gasteiger partial charge in [-0.3, -0.25) is 24.7 Å². The van der Waals surface area contributed by atoms with Crippen molar-refractivity contribution >= 4 is 11.8 Å². The van der Waals surface area contributed by atoms with Gasteiger partial charge in [0.25, 0.3) is 0 Å². The molecule has 2 fully saturated rings. The van der Waals surface area contributed by atoms with Gasteiger partial charge in [0, 0.05) is 31.6 Å². The standard InChI is InChI=1S/C28H35N3O3/c1-28(2)12-14-30(15-13-28)16-20-6-8-21(9-7-20)19-34-25-5-3-4-22-17-31(18-23(22)25)24-10-11-26(32)29-27(24)33/h3-9,24H,10-19H2,1-2H3,(H,29,32,33). The number of amides is 2. The van der Waals surface area contributed by atoms with Crippen LogP contribution in [-0.2, 0) is 35.8 Å².